The zero-order valence-electron chi connectivity index (χ0n) is 15.1. The Hall–Kier alpha value is -1.81. The maximum atomic E-state index is 4.86. The van der Waals surface area contributed by atoms with Gasteiger partial charge in [0, 0.05) is 35.9 Å². The van der Waals surface area contributed by atoms with E-state index in [1.807, 2.05) is 6.07 Å². The van der Waals surface area contributed by atoms with Gasteiger partial charge < -0.3 is 9.88 Å². The number of benzene rings is 1. The molecule has 4 heteroatoms. The molecule has 0 radical (unpaired) electrons. The van der Waals surface area contributed by atoms with Gasteiger partial charge in [0.25, 0.3) is 0 Å². The Bertz CT molecular complexity index is 825. The molecule has 1 N–H and O–H groups in total. The predicted molar refractivity (Wildman–Crippen MR) is 97.1 cm³/mol. The first kappa shape index (κ1) is 16.1. The van der Waals surface area contributed by atoms with Crippen molar-refractivity contribution < 1.29 is 0 Å². The third-order valence-corrected chi connectivity index (χ3v) is 4.12. The number of nitrogens with zero attached hydrogens (tertiary/aromatic N) is 3. The first-order valence-electron chi connectivity index (χ1n) is 8.39. The van der Waals surface area contributed by atoms with Gasteiger partial charge in [0.2, 0.25) is 5.78 Å². The molecule has 3 rings (SSSR count). The van der Waals surface area contributed by atoms with E-state index in [9.17, 15) is 0 Å². The fourth-order valence-corrected chi connectivity index (χ4v) is 3.01. The monoisotopic (exact) mass is 312 g/mol. The largest absolute Gasteiger partial charge is 0.312 e. The van der Waals surface area contributed by atoms with Gasteiger partial charge in [0.15, 0.2) is 0 Å². The van der Waals surface area contributed by atoms with Crippen LogP contribution in [0.3, 0.4) is 0 Å². The number of rotatable bonds is 3. The van der Waals surface area contributed by atoms with E-state index in [0.717, 1.165) is 24.4 Å². The highest BCUT2D eigenvalue weighted by molar-refractivity contribution is 5.79. The number of fused-ring (bicyclic) bond motifs is 3. The van der Waals surface area contributed by atoms with Gasteiger partial charge in [-0.15, -0.1) is 0 Å². The van der Waals surface area contributed by atoms with E-state index in [4.69, 9.17) is 4.98 Å². The average molecular weight is 312 g/mol. The summed E-state index contributed by atoms with van der Waals surface area (Å²) in [4.78, 5) is 4.86. The van der Waals surface area contributed by atoms with Gasteiger partial charge in [-0.25, -0.2) is 4.98 Å². The number of imidazole rings is 2. The second-order valence-corrected chi connectivity index (χ2v) is 8.36. The molecule has 0 saturated heterocycles. The van der Waals surface area contributed by atoms with Crippen LogP contribution in [-0.2, 0) is 12.0 Å². The van der Waals surface area contributed by atoms with Crippen LogP contribution in [0, 0.1) is 0 Å². The van der Waals surface area contributed by atoms with Gasteiger partial charge in [-0.05, 0) is 32.9 Å². The van der Waals surface area contributed by atoms with Crippen LogP contribution in [-0.4, -0.2) is 26.0 Å². The summed E-state index contributed by atoms with van der Waals surface area (Å²) in [6, 6.07) is 8.34. The van der Waals surface area contributed by atoms with Crippen molar-refractivity contribution in [3.63, 3.8) is 0 Å². The van der Waals surface area contributed by atoms with Gasteiger partial charge >= 0.3 is 0 Å². The normalized spacial score (nSPS) is 13.3. The second-order valence-electron chi connectivity index (χ2n) is 8.36. The molecular weight excluding hydrogens is 284 g/mol. The molecule has 0 amide bonds. The molecule has 0 saturated carbocycles. The second kappa shape index (κ2) is 5.38. The summed E-state index contributed by atoms with van der Waals surface area (Å²) in [5, 5.41) is 3.58. The Morgan fingerprint density at radius 1 is 1.04 bits per heavy atom. The Kier molecular flexibility index (Phi) is 3.75. The van der Waals surface area contributed by atoms with Crippen LogP contribution in [0.1, 0.15) is 47.2 Å². The van der Waals surface area contributed by atoms with E-state index in [1.54, 1.807) is 0 Å². The van der Waals surface area contributed by atoms with Gasteiger partial charge in [-0.1, -0.05) is 32.9 Å². The third-order valence-electron chi connectivity index (χ3n) is 4.12. The van der Waals surface area contributed by atoms with Crippen molar-refractivity contribution in [2.24, 2.45) is 0 Å². The van der Waals surface area contributed by atoms with Crippen LogP contribution >= 0.6 is 0 Å². The zero-order valence-corrected chi connectivity index (χ0v) is 15.1. The SMILES string of the molecule is CC(C)(C)NCCn1c(C(C)(C)C)cn2c3ccccc3nc12. The summed E-state index contributed by atoms with van der Waals surface area (Å²) >= 11 is 0. The topological polar surface area (TPSA) is 34.3 Å². The predicted octanol–water partition coefficient (Wildman–Crippen LogP) is 3.97. The molecule has 2 heterocycles. The van der Waals surface area contributed by atoms with E-state index in [-0.39, 0.29) is 11.0 Å². The number of aromatic nitrogens is 3. The molecule has 1 aromatic carbocycles. The van der Waals surface area contributed by atoms with Crippen molar-refractivity contribution in [3.8, 4) is 0 Å². The molecule has 0 unspecified atom stereocenters. The van der Waals surface area contributed by atoms with Crippen molar-refractivity contribution in [1.29, 1.82) is 0 Å². The molecule has 124 valence electrons. The fourth-order valence-electron chi connectivity index (χ4n) is 3.01. The number of hydrogen-bond acceptors (Lipinski definition) is 2. The average Bonchev–Trinajstić information content (AvgIpc) is 2.94. The smallest absolute Gasteiger partial charge is 0.215 e. The molecule has 0 atom stereocenters. The Labute approximate surface area is 138 Å². The standard InChI is InChI=1S/C19H28N4/c1-18(2,3)16-13-23-15-10-8-7-9-14(15)21-17(23)22(16)12-11-20-19(4,5)6/h7-10,13,20H,11-12H2,1-6H3. The molecular formula is C19H28N4. The molecule has 0 aliphatic heterocycles. The molecule has 0 aliphatic carbocycles. The molecule has 0 spiro atoms. The van der Waals surface area contributed by atoms with E-state index in [2.05, 4.69) is 80.2 Å². The minimum absolute atomic E-state index is 0.0868. The van der Waals surface area contributed by atoms with Crippen LogP contribution in [0.4, 0.5) is 0 Å². The summed E-state index contributed by atoms with van der Waals surface area (Å²) in [6.07, 6.45) is 2.25. The first-order chi connectivity index (χ1) is 10.7. The highest BCUT2D eigenvalue weighted by Crippen LogP contribution is 2.27. The number of nitrogens with one attached hydrogen (secondary N) is 1. The van der Waals surface area contributed by atoms with Crippen molar-refractivity contribution in [1.82, 2.24) is 19.3 Å². The summed E-state index contributed by atoms with van der Waals surface area (Å²) in [7, 11) is 0. The first-order valence-corrected chi connectivity index (χ1v) is 8.39. The van der Waals surface area contributed by atoms with E-state index in [1.165, 1.54) is 11.2 Å². The lowest BCUT2D eigenvalue weighted by Gasteiger charge is -2.24. The van der Waals surface area contributed by atoms with Crippen LogP contribution in [0.2, 0.25) is 0 Å². The highest BCUT2D eigenvalue weighted by Gasteiger charge is 2.23. The van der Waals surface area contributed by atoms with Gasteiger partial charge in [0.05, 0.1) is 11.0 Å². The van der Waals surface area contributed by atoms with E-state index < -0.39 is 0 Å². The Morgan fingerprint density at radius 3 is 2.39 bits per heavy atom. The highest BCUT2D eigenvalue weighted by atomic mass is 15.2. The molecule has 4 nitrogen and oxygen atoms in total. The fraction of sp³-hybridized carbons (Fsp3) is 0.526. The van der Waals surface area contributed by atoms with Crippen molar-refractivity contribution in [2.45, 2.75) is 59.0 Å². The number of para-hydroxylation sites is 2. The molecule has 0 fully saturated rings. The molecule has 3 aromatic rings. The quantitative estimate of drug-likeness (QED) is 0.794. The van der Waals surface area contributed by atoms with Crippen molar-refractivity contribution in [3.05, 3.63) is 36.2 Å². The zero-order chi connectivity index (χ0) is 16.8. The van der Waals surface area contributed by atoms with Crippen LogP contribution in [0.5, 0.6) is 0 Å². The van der Waals surface area contributed by atoms with Gasteiger partial charge in [-0.3, -0.25) is 4.40 Å². The van der Waals surface area contributed by atoms with Crippen LogP contribution < -0.4 is 5.32 Å². The summed E-state index contributed by atoms with van der Waals surface area (Å²) in [6.45, 7) is 15.2. The number of hydrogen-bond donors (Lipinski definition) is 1. The summed E-state index contributed by atoms with van der Waals surface area (Å²) in [5.74, 6) is 1.03. The van der Waals surface area contributed by atoms with Gasteiger partial charge in [0.1, 0.15) is 0 Å². The van der Waals surface area contributed by atoms with Crippen molar-refractivity contribution >= 4 is 16.8 Å². The molecule has 2 aromatic heterocycles. The Balaban J connectivity index is 2.08. The lowest BCUT2D eigenvalue weighted by molar-refractivity contribution is 0.406. The molecule has 23 heavy (non-hydrogen) atoms. The van der Waals surface area contributed by atoms with E-state index in [0.29, 0.717) is 0 Å². The lowest BCUT2D eigenvalue weighted by Crippen LogP contribution is -2.38. The minimum atomic E-state index is 0.0868. The maximum Gasteiger partial charge on any atom is 0.215 e. The van der Waals surface area contributed by atoms with Gasteiger partial charge in [-0.2, -0.15) is 0 Å². The summed E-state index contributed by atoms with van der Waals surface area (Å²) < 4.78 is 4.59. The molecule has 0 aliphatic rings. The van der Waals surface area contributed by atoms with Crippen LogP contribution in [0.15, 0.2) is 30.5 Å². The van der Waals surface area contributed by atoms with Crippen molar-refractivity contribution in [2.75, 3.05) is 6.54 Å². The Morgan fingerprint density at radius 2 is 1.74 bits per heavy atom. The lowest BCUT2D eigenvalue weighted by atomic mass is 9.92. The third kappa shape index (κ3) is 3.13. The minimum Gasteiger partial charge on any atom is -0.312 e. The molecule has 0 bridgehead atoms. The van der Waals surface area contributed by atoms with Crippen LogP contribution in [0.25, 0.3) is 16.8 Å². The van der Waals surface area contributed by atoms with E-state index >= 15 is 0 Å². The summed E-state index contributed by atoms with van der Waals surface area (Å²) in [5.41, 5.74) is 3.77. The maximum absolute atomic E-state index is 4.86.